The van der Waals surface area contributed by atoms with E-state index in [1.54, 1.807) is 5.32 Å². The maximum atomic E-state index is 13.5. The number of hydrogen-bond acceptors (Lipinski definition) is 3. The Hall–Kier alpha value is -3.38. The molecule has 13 heteroatoms. The minimum atomic E-state index is -5.40. The summed E-state index contributed by atoms with van der Waals surface area (Å²) in [4.78, 5) is 23.5. The number of carbonyl (C=O) groups is 2. The predicted octanol–water partition coefficient (Wildman–Crippen LogP) is 4.84. The van der Waals surface area contributed by atoms with Crippen molar-refractivity contribution >= 4 is 17.6 Å². The number of amides is 3. The van der Waals surface area contributed by atoms with Crippen molar-refractivity contribution in [3.05, 3.63) is 59.2 Å². The lowest BCUT2D eigenvalue weighted by Crippen LogP contribution is -2.35. The second-order valence-corrected chi connectivity index (χ2v) is 5.26. The Bertz CT molecular complexity index is 920. The van der Waals surface area contributed by atoms with Crippen LogP contribution in [0.25, 0.3) is 0 Å². The Balaban J connectivity index is 2.21. The lowest BCUT2D eigenvalue weighted by atomic mass is 10.1. The molecule has 0 atom stereocenters. The van der Waals surface area contributed by atoms with Gasteiger partial charge in [0.2, 0.25) is 0 Å². The first-order valence-corrected chi connectivity index (χ1v) is 7.31. The van der Waals surface area contributed by atoms with Gasteiger partial charge in [-0.15, -0.1) is 13.2 Å². The van der Waals surface area contributed by atoms with E-state index in [4.69, 9.17) is 0 Å². The van der Waals surface area contributed by atoms with Gasteiger partial charge in [0.05, 0.1) is 5.56 Å². The summed E-state index contributed by atoms with van der Waals surface area (Å²) < 4.78 is 106. The van der Waals surface area contributed by atoms with Crippen molar-refractivity contribution < 1.29 is 49.4 Å². The van der Waals surface area contributed by atoms with Gasteiger partial charge in [-0.3, -0.25) is 10.1 Å². The summed E-state index contributed by atoms with van der Waals surface area (Å²) in [5.41, 5.74) is -3.65. The van der Waals surface area contributed by atoms with E-state index >= 15 is 0 Å². The SMILES string of the molecule is O=C(NC(=O)c1c(F)cccc1F)Nc1ccc(OC(F)(F)F)c(C(F)(F)F)c1. The van der Waals surface area contributed by atoms with Crippen LogP contribution in [0.5, 0.6) is 5.75 Å². The van der Waals surface area contributed by atoms with E-state index in [1.807, 2.05) is 0 Å². The highest BCUT2D eigenvalue weighted by Crippen LogP contribution is 2.39. The van der Waals surface area contributed by atoms with Crippen LogP contribution in [0.1, 0.15) is 15.9 Å². The normalized spacial score (nSPS) is 11.7. The smallest absolute Gasteiger partial charge is 0.405 e. The fourth-order valence-corrected chi connectivity index (χ4v) is 2.09. The molecule has 3 amide bonds. The van der Waals surface area contributed by atoms with Gasteiger partial charge in [-0.1, -0.05) is 6.07 Å². The molecule has 0 saturated heterocycles. The molecular formula is C16H8F8N2O3. The zero-order valence-corrected chi connectivity index (χ0v) is 13.7. The Morgan fingerprint density at radius 1 is 0.897 bits per heavy atom. The van der Waals surface area contributed by atoms with E-state index in [9.17, 15) is 44.7 Å². The van der Waals surface area contributed by atoms with Crippen LogP contribution in [-0.4, -0.2) is 18.3 Å². The summed E-state index contributed by atoms with van der Waals surface area (Å²) in [6.45, 7) is 0. The summed E-state index contributed by atoms with van der Waals surface area (Å²) >= 11 is 0. The minimum Gasteiger partial charge on any atom is -0.405 e. The highest BCUT2D eigenvalue weighted by molar-refractivity contribution is 6.08. The number of benzene rings is 2. The van der Waals surface area contributed by atoms with Crippen molar-refractivity contribution in [2.24, 2.45) is 0 Å². The van der Waals surface area contributed by atoms with Crippen molar-refractivity contribution in [3.63, 3.8) is 0 Å². The Morgan fingerprint density at radius 2 is 1.48 bits per heavy atom. The van der Waals surface area contributed by atoms with Crippen molar-refractivity contribution in [2.75, 3.05) is 5.32 Å². The molecule has 2 aromatic carbocycles. The first-order valence-electron chi connectivity index (χ1n) is 7.31. The fourth-order valence-electron chi connectivity index (χ4n) is 2.09. The molecule has 0 spiro atoms. The van der Waals surface area contributed by atoms with Crippen LogP contribution >= 0.6 is 0 Å². The second kappa shape index (κ2) is 7.93. The molecule has 2 rings (SSSR count). The quantitative estimate of drug-likeness (QED) is 0.688. The molecule has 0 aliphatic heterocycles. The van der Waals surface area contributed by atoms with Gasteiger partial charge in [0.25, 0.3) is 5.91 Å². The van der Waals surface area contributed by atoms with Crippen molar-refractivity contribution in [1.29, 1.82) is 0 Å². The number of rotatable bonds is 3. The predicted molar refractivity (Wildman–Crippen MR) is 81.0 cm³/mol. The highest BCUT2D eigenvalue weighted by atomic mass is 19.4. The van der Waals surface area contributed by atoms with Crippen molar-refractivity contribution in [1.82, 2.24) is 5.32 Å². The Morgan fingerprint density at radius 3 is 2.00 bits per heavy atom. The van der Waals surface area contributed by atoms with Crippen LogP contribution in [0, 0.1) is 11.6 Å². The van der Waals surface area contributed by atoms with Crippen molar-refractivity contribution in [2.45, 2.75) is 12.5 Å². The van der Waals surface area contributed by atoms with Crippen LogP contribution in [-0.2, 0) is 6.18 Å². The molecule has 0 unspecified atom stereocenters. The molecule has 0 saturated carbocycles. The maximum absolute atomic E-state index is 13.5. The zero-order valence-electron chi connectivity index (χ0n) is 13.7. The Kier molecular flexibility index (Phi) is 5.99. The summed E-state index contributed by atoms with van der Waals surface area (Å²) in [7, 11) is 0. The number of ether oxygens (including phenoxy) is 1. The van der Waals surface area contributed by atoms with Crippen LogP contribution in [0.15, 0.2) is 36.4 Å². The molecule has 29 heavy (non-hydrogen) atoms. The standard InChI is InChI=1S/C16H8F8N2O3/c17-9-2-1-3-10(18)12(9)13(27)26-14(28)25-7-4-5-11(29-16(22,23)24)8(6-7)15(19,20)21/h1-6H,(H2,25,26,27,28). The molecule has 0 aliphatic carbocycles. The summed E-state index contributed by atoms with van der Waals surface area (Å²) in [6, 6.07) is 1.96. The van der Waals surface area contributed by atoms with Crippen LogP contribution in [0.4, 0.5) is 45.6 Å². The molecule has 0 heterocycles. The number of halogens is 8. The van der Waals surface area contributed by atoms with E-state index in [2.05, 4.69) is 4.74 Å². The maximum Gasteiger partial charge on any atom is 0.573 e. The van der Waals surface area contributed by atoms with E-state index in [0.29, 0.717) is 12.1 Å². The lowest BCUT2D eigenvalue weighted by molar-refractivity contribution is -0.276. The van der Waals surface area contributed by atoms with E-state index < -0.39 is 58.7 Å². The molecule has 0 fully saturated rings. The summed E-state index contributed by atoms with van der Waals surface area (Å²) in [5.74, 6) is -5.71. The number of alkyl halides is 6. The first-order chi connectivity index (χ1) is 13.3. The first kappa shape index (κ1) is 21.9. The van der Waals surface area contributed by atoms with Gasteiger partial charge in [-0.05, 0) is 30.3 Å². The fraction of sp³-hybridized carbons (Fsp3) is 0.125. The molecular weight excluding hydrogens is 420 g/mol. The van der Waals surface area contributed by atoms with E-state index in [-0.39, 0.29) is 6.07 Å². The average molecular weight is 428 g/mol. The van der Waals surface area contributed by atoms with E-state index in [0.717, 1.165) is 18.2 Å². The van der Waals surface area contributed by atoms with Gasteiger partial charge in [0.15, 0.2) is 0 Å². The minimum absolute atomic E-state index is 0.120. The third kappa shape index (κ3) is 5.80. The van der Waals surface area contributed by atoms with Crippen LogP contribution in [0.2, 0.25) is 0 Å². The molecule has 2 aromatic rings. The molecule has 156 valence electrons. The van der Waals surface area contributed by atoms with Gasteiger partial charge in [-0.2, -0.15) is 13.2 Å². The number of hydrogen-bond donors (Lipinski definition) is 2. The topological polar surface area (TPSA) is 67.4 Å². The summed E-state index contributed by atoms with van der Waals surface area (Å²) in [6.07, 6.45) is -10.7. The zero-order chi connectivity index (χ0) is 22.0. The van der Waals surface area contributed by atoms with Gasteiger partial charge >= 0.3 is 18.6 Å². The largest absolute Gasteiger partial charge is 0.573 e. The third-order valence-corrected chi connectivity index (χ3v) is 3.19. The third-order valence-electron chi connectivity index (χ3n) is 3.19. The molecule has 5 nitrogen and oxygen atoms in total. The molecule has 0 radical (unpaired) electrons. The highest BCUT2D eigenvalue weighted by Gasteiger charge is 2.39. The molecule has 2 N–H and O–H groups in total. The lowest BCUT2D eigenvalue weighted by Gasteiger charge is -2.16. The van der Waals surface area contributed by atoms with E-state index in [1.165, 1.54) is 5.32 Å². The number of urea groups is 1. The van der Waals surface area contributed by atoms with Crippen LogP contribution < -0.4 is 15.4 Å². The number of carbonyl (C=O) groups excluding carboxylic acids is 2. The van der Waals surface area contributed by atoms with Gasteiger partial charge in [0, 0.05) is 5.69 Å². The Labute approximate surface area is 156 Å². The van der Waals surface area contributed by atoms with Crippen molar-refractivity contribution in [3.8, 4) is 5.75 Å². The molecule has 0 aromatic heterocycles. The summed E-state index contributed by atoms with van der Waals surface area (Å²) in [5, 5.41) is 3.21. The molecule has 0 bridgehead atoms. The number of nitrogens with one attached hydrogen (secondary N) is 2. The molecule has 0 aliphatic rings. The van der Waals surface area contributed by atoms with Gasteiger partial charge < -0.3 is 10.1 Å². The average Bonchev–Trinajstić information content (AvgIpc) is 2.53. The second-order valence-electron chi connectivity index (χ2n) is 5.26. The monoisotopic (exact) mass is 428 g/mol. The van der Waals surface area contributed by atoms with Crippen LogP contribution in [0.3, 0.4) is 0 Å². The van der Waals surface area contributed by atoms with Gasteiger partial charge in [0.1, 0.15) is 22.9 Å². The van der Waals surface area contributed by atoms with Gasteiger partial charge in [-0.25, -0.2) is 13.6 Å². The number of anilines is 1. The number of imide groups is 1.